The van der Waals surface area contributed by atoms with Crippen LogP contribution in [0.15, 0.2) is 0 Å². The molecule has 16 heavy (non-hydrogen) atoms. The molecule has 0 aromatic rings. The van der Waals surface area contributed by atoms with Crippen LogP contribution in [0.4, 0.5) is 0 Å². The lowest BCUT2D eigenvalue weighted by molar-refractivity contribution is 0.575. The third-order valence-corrected chi connectivity index (χ3v) is 5.95. The van der Waals surface area contributed by atoms with Gasteiger partial charge in [-0.3, -0.25) is 4.21 Å². The van der Waals surface area contributed by atoms with E-state index in [-0.39, 0.29) is 16.8 Å². The molecular formula is C8H18N2O3S3. The van der Waals surface area contributed by atoms with Crippen LogP contribution in [0.5, 0.6) is 0 Å². The molecule has 0 spiro atoms. The summed E-state index contributed by atoms with van der Waals surface area (Å²) in [6.45, 7) is 3.49. The van der Waals surface area contributed by atoms with E-state index in [1.807, 2.05) is 0 Å². The first-order chi connectivity index (χ1) is 7.18. The van der Waals surface area contributed by atoms with Crippen LogP contribution in [0.2, 0.25) is 0 Å². The molecule has 3 unspecified atom stereocenters. The van der Waals surface area contributed by atoms with Crippen LogP contribution in [-0.4, -0.2) is 40.9 Å². The van der Waals surface area contributed by atoms with Gasteiger partial charge >= 0.3 is 0 Å². The number of thiocarbonyl (C=S) groups is 1. The Kier molecular flexibility index (Phi) is 6.61. The minimum Gasteiger partial charge on any atom is -0.392 e. The van der Waals surface area contributed by atoms with Gasteiger partial charge in [-0.05, 0) is 13.3 Å². The number of rotatable bonds is 7. The Hall–Kier alpha value is -0.0500. The molecule has 0 amide bonds. The predicted octanol–water partition coefficient (Wildman–Crippen LogP) is -0.262. The minimum absolute atomic E-state index is 0.0390. The third kappa shape index (κ3) is 5.33. The highest BCUT2D eigenvalue weighted by Crippen LogP contribution is 2.01. The predicted molar refractivity (Wildman–Crippen MR) is 71.3 cm³/mol. The quantitative estimate of drug-likeness (QED) is 0.629. The van der Waals surface area contributed by atoms with E-state index >= 15 is 0 Å². The van der Waals surface area contributed by atoms with E-state index in [0.29, 0.717) is 6.42 Å². The van der Waals surface area contributed by atoms with Crippen LogP contribution < -0.4 is 10.5 Å². The standard InChI is InChI=1S/C8H18N2O3S3/c1-6(15(3)11)4-5-10-16(12,13)7(2)8(9)14/h6-7,10H,4-5H2,1-3H3,(H2,9,14). The van der Waals surface area contributed by atoms with Gasteiger partial charge in [0.1, 0.15) is 5.25 Å². The fourth-order valence-electron chi connectivity index (χ4n) is 0.848. The maximum Gasteiger partial charge on any atom is 0.220 e. The van der Waals surface area contributed by atoms with Gasteiger partial charge in [0.25, 0.3) is 0 Å². The molecular weight excluding hydrogens is 268 g/mol. The molecule has 3 atom stereocenters. The van der Waals surface area contributed by atoms with Crippen LogP contribution in [0.25, 0.3) is 0 Å². The average molecular weight is 286 g/mol. The van der Waals surface area contributed by atoms with Gasteiger partial charge in [-0.1, -0.05) is 19.1 Å². The monoisotopic (exact) mass is 286 g/mol. The lowest BCUT2D eigenvalue weighted by Crippen LogP contribution is -2.40. The van der Waals surface area contributed by atoms with E-state index in [2.05, 4.69) is 16.9 Å². The molecule has 0 aromatic heterocycles. The van der Waals surface area contributed by atoms with Crippen molar-refractivity contribution in [1.29, 1.82) is 0 Å². The summed E-state index contributed by atoms with van der Waals surface area (Å²) in [6.07, 6.45) is 2.11. The molecule has 0 saturated heterocycles. The van der Waals surface area contributed by atoms with Crippen molar-refractivity contribution < 1.29 is 12.6 Å². The van der Waals surface area contributed by atoms with Crippen LogP contribution >= 0.6 is 12.2 Å². The van der Waals surface area contributed by atoms with Crippen molar-refractivity contribution >= 4 is 38.0 Å². The van der Waals surface area contributed by atoms with E-state index in [9.17, 15) is 12.6 Å². The summed E-state index contributed by atoms with van der Waals surface area (Å²) in [5.41, 5.74) is 5.27. The molecule has 96 valence electrons. The normalized spacial score (nSPS) is 17.7. The molecule has 0 aliphatic carbocycles. The van der Waals surface area contributed by atoms with Crippen molar-refractivity contribution in [3.05, 3.63) is 0 Å². The van der Waals surface area contributed by atoms with E-state index in [1.54, 1.807) is 13.2 Å². The zero-order valence-electron chi connectivity index (χ0n) is 9.60. The SMILES string of the molecule is CC(CCNS(=O)(=O)C(C)C(N)=S)S(C)=O. The van der Waals surface area contributed by atoms with Crippen molar-refractivity contribution in [2.24, 2.45) is 5.73 Å². The van der Waals surface area contributed by atoms with Crippen molar-refractivity contribution in [1.82, 2.24) is 4.72 Å². The van der Waals surface area contributed by atoms with E-state index in [0.717, 1.165) is 0 Å². The molecule has 0 aliphatic rings. The van der Waals surface area contributed by atoms with Crippen molar-refractivity contribution in [3.8, 4) is 0 Å². The summed E-state index contributed by atoms with van der Waals surface area (Å²) < 4.78 is 36.6. The van der Waals surface area contributed by atoms with Gasteiger partial charge in [-0.2, -0.15) is 0 Å². The number of hydrogen-bond acceptors (Lipinski definition) is 4. The highest BCUT2D eigenvalue weighted by atomic mass is 32.2. The zero-order chi connectivity index (χ0) is 12.9. The molecule has 8 heteroatoms. The lowest BCUT2D eigenvalue weighted by Gasteiger charge is -2.13. The molecule has 3 N–H and O–H groups in total. The first-order valence-corrected chi connectivity index (χ1v) is 8.36. The summed E-state index contributed by atoms with van der Waals surface area (Å²) in [6, 6.07) is 0. The Morgan fingerprint density at radius 3 is 2.38 bits per heavy atom. The molecule has 0 aromatic carbocycles. The summed E-state index contributed by atoms with van der Waals surface area (Å²) in [5, 5.41) is -0.923. The second kappa shape index (κ2) is 6.63. The Labute approximate surface area is 105 Å². The Bertz CT molecular complexity index is 367. The Morgan fingerprint density at radius 2 is 2.00 bits per heavy atom. The van der Waals surface area contributed by atoms with Crippen molar-refractivity contribution in [2.75, 3.05) is 12.8 Å². The minimum atomic E-state index is -3.50. The Morgan fingerprint density at radius 1 is 1.50 bits per heavy atom. The number of nitrogens with one attached hydrogen (secondary N) is 1. The largest absolute Gasteiger partial charge is 0.392 e. The summed E-state index contributed by atoms with van der Waals surface area (Å²) in [7, 11) is -4.44. The smallest absolute Gasteiger partial charge is 0.220 e. The summed E-state index contributed by atoms with van der Waals surface area (Å²) >= 11 is 4.62. The second-order valence-corrected chi connectivity index (χ2v) is 7.94. The first-order valence-electron chi connectivity index (χ1n) is 4.78. The van der Waals surface area contributed by atoms with Gasteiger partial charge < -0.3 is 5.73 Å². The van der Waals surface area contributed by atoms with E-state index in [4.69, 9.17) is 5.73 Å². The molecule has 0 heterocycles. The van der Waals surface area contributed by atoms with Crippen LogP contribution in [0, 0.1) is 0 Å². The third-order valence-electron chi connectivity index (χ3n) is 2.29. The average Bonchev–Trinajstić information content (AvgIpc) is 2.15. The fourth-order valence-corrected chi connectivity index (χ4v) is 2.64. The van der Waals surface area contributed by atoms with E-state index in [1.165, 1.54) is 6.92 Å². The molecule has 0 aliphatic heterocycles. The molecule has 0 rings (SSSR count). The first kappa shape index (κ1) is 16.0. The van der Waals surface area contributed by atoms with Crippen LogP contribution in [0.1, 0.15) is 20.3 Å². The van der Waals surface area contributed by atoms with Crippen LogP contribution in [-0.2, 0) is 20.8 Å². The van der Waals surface area contributed by atoms with Crippen molar-refractivity contribution in [3.63, 3.8) is 0 Å². The summed E-state index contributed by atoms with van der Waals surface area (Å²) in [5.74, 6) is 0. The maximum absolute atomic E-state index is 11.6. The fraction of sp³-hybridized carbons (Fsp3) is 0.875. The lowest BCUT2D eigenvalue weighted by atomic mass is 10.3. The van der Waals surface area contributed by atoms with E-state index < -0.39 is 26.1 Å². The van der Waals surface area contributed by atoms with Gasteiger partial charge in [0, 0.05) is 28.9 Å². The molecule has 0 radical (unpaired) electrons. The summed E-state index contributed by atoms with van der Waals surface area (Å²) in [4.78, 5) is -0.0559. The van der Waals surface area contributed by atoms with Crippen LogP contribution in [0.3, 0.4) is 0 Å². The van der Waals surface area contributed by atoms with Gasteiger partial charge in [0.2, 0.25) is 10.0 Å². The Balaban J connectivity index is 4.21. The number of sulfonamides is 1. The highest BCUT2D eigenvalue weighted by Gasteiger charge is 2.22. The molecule has 0 saturated carbocycles. The maximum atomic E-state index is 11.6. The topological polar surface area (TPSA) is 89.3 Å². The number of hydrogen-bond donors (Lipinski definition) is 2. The zero-order valence-corrected chi connectivity index (χ0v) is 12.0. The van der Waals surface area contributed by atoms with Crippen molar-refractivity contribution in [2.45, 2.75) is 30.8 Å². The van der Waals surface area contributed by atoms with Gasteiger partial charge in [-0.25, -0.2) is 13.1 Å². The molecule has 0 bridgehead atoms. The molecule has 0 fully saturated rings. The second-order valence-electron chi connectivity index (χ2n) is 3.58. The number of nitrogens with two attached hydrogens (primary N) is 1. The molecule has 5 nitrogen and oxygen atoms in total. The highest BCUT2D eigenvalue weighted by molar-refractivity contribution is 7.93. The van der Waals surface area contributed by atoms with Gasteiger partial charge in [0.05, 0.1) is 4.99 Å². The van der Waals surface area contributed by atoms with Gasteiger partial charge in [-0.15, -0.1) is 0 Å². The van der Waals surface area contributed by atoms with Gasteiger partial charge in [0.15, 0.2) is 0 Å².